The van der Waals surface area contributed by atoms with E-state index in [9.17, 15) is 4.79 Å². The van der Waals surface area contributed by atoms with Crippen molar-refractivity contribution in [2.45, 2.75) is 39.8 Å². The fraction of sp³-hybridized carbons (Fsp3) is 0.562. The van der Waals surface area contributed by atoms with Crippen molar-refractivity contribution in [1.82, 2.24) is 19.8 Å². The summed E-state index contributed by atoms with van der Waals surface area (Å²) in [5, 5.41) is 8.16. The quantitative estimate of drug-likeness (QED) is 0.861. The zero-order valence-corrected chi connectivity index (χ0v) is 13.2. The molecule has 0 spiro atoms. The maximum absolute atomic E-state index is 11.8. The van der Waals surface area contributed by atoms with Crippen LogP contribution in [0.15, 0.2) is 27.6 Å². The number of rotatable bonds is 4. The van der Waals surface area contributed by atoms with E-state index in [4.69, 9.17) is 4.52 Å². The molecule has 0 radical (unpaired) electrons. The monoisotopic (exact) mass is 302 g/mol. The fourth-order valence-electron chi connectivity index (χ4n) is 2.97. The molecule has 1 aliphatic heterocycles. The Morgan fingerprint density at radius 2 is 2.05 bits per heavy atom. The summed E-state index contributed by atoms with van der Waals surface area (Å²) >= 11 is 0. The molecule has 0 unspecified atom stereocenters. The number of hydrogen-bond acceptors (Lipinski definition) is 5. The zero-order chi connectivity index (χ0) is 15.5. The van der Waals surface area contributed by atoms with Crippen molar-refractivity contribution in [3.63, 3.8) is 0 Å². The Labute approximate surface area is 129 Å². The van der Waals surface area contributed by atoms with Gasteiger partial charge in [-0.2, -0.15) is 5.10 Å². The first-order chi connectivity index (χ1) is 10.6. The fourth-order valence-corrected chi connectivity index (χ4v) is 2.97. The van der Waals surface area contributed by atoms with Crippen LogP contribution in [0.25, 0.3) is 0 Å². The Kier molecular flexibility index (Phi) is 4.38. The smallest absolute Gasteiger partial charge is 0.266 e. The highest BCUT2D eigenvalue weighted by molar-refractivity contribution is 5.11. The van der Waals surface area contributed by atoms with Gasteiger partial charge in [0.1, 0.15) is 5.76 Å². The minimum atomic E-state index is -0.00636. The molecule has 0 N–H and O–H groups in total. The van der Waals surface area contributed by atoms with Gasteiger partial charge < -0.3 is 4.52 Å². The van der Waals surface area contributed by atoms with Crippen LogP contribution in [-0.4, -0.2) is 32.9 Å². The maximum Gasteiger partial charge on any atom is 0.266 e. The molecule has 0 bridgehead atoms. The predicted molar refractivity (Wildman–Crippen MR) is 82.5 cm³/mol. The van der Waals surface area contributed by atoms with Crippen LogP contribution in [0.4, 0.5) is 0 Å². The van der Waals surface area contributed by atoms with Gasteiger partial charge in [0.2, 0.25) is 0 Å². The Hall–Kier alpha value is -1.95. The highest BCUT2D eigenvalue weighted by Crippen LogP contribution is 2.20. The van der Waals surface area contributed by atoms with Crippen LogP contribution in [0.2, 0.25) is 0 Å². The predicted octanol–water partition coefficient (Wildman–Crippen LogP) is 1.76. The van der Waals surface area contributed by atoms with Crippen LogP contribution in [0.3, 0.4) is 0 Å². The highest BCUT2D eigenvalue weighted by Gasteiger charge is 2.21. The van der Waals surface area contributed by atoms with Gasteiger partial charge in [-0.15, -0.1) is 0 Å². The molecule has 0 atom stereocenters. The van der Waals surface area contributed by atoms with Crippen molar-refractivity contribution >= 4 is 0 Å². The van der Waals surface area contributed by atoms with Gasteiger partial charge in [-0.05, 0) is 51.8 Å². The Balaban J connectivity index is 1.54. The van der Waals surface area contributed by atoms with Gasteiger partial charge in [0, 0.05) is 24.7 Å². The first kappa shape index (κ1) is 15.0. The Morgan fingerprint density at radius 3 is 2.73 bits per heavy atom. The average molecular weight is 302 g/mol. The molecule has 2 aromatic rings. The lowest BCUT2D eigenvalue weighted by atomic mass is 9.96. The van der Waals surface area contributed by atoms with E-state index in [1.165, 1.54) is 0 Å². The number of hydrogen-bond donors (Lipinski definition) is 0. The molecule has 6 heteroatoms. The third kappa shape index (κ3) is 3.44. The maximum atomic E-state index is 11.8. The van der Waals surface area contributed by atoms with Crippen LogP contribution >= 0.6 is 0 Å². The van der Waals surface area contributed by atoms with Crippen LogP contribution in [0.1, 0.15) is 29.9 Å². The summed E-state index contributed by atoms with van der Waals surface area (Å²) in [5.74, 6) is 1.42. The summed E-state index contributed by atoms with van der Waals surface area (Å²) in [5.41, 5.74) is 2.04. The molecule has 118 valence electrons. The first-order valence-corrected chi connectivity index (χ1v) is 7.79. The van der Waals surface area contributed by atoms with Gasteiger partial charge >= 0.3 is 0 Å². The van der Waals surface area contributed by atoms with Gasteiger partial charge in [0.05, 0.1) is 11.9 Å². The average Bonchev–Trinajstić information content (AvgIpc) is 2.90. The summed E-state index contributed by atoms with van der Waals surface area (Å²) in [7, 11) is 0. The van der Waals surface area contributed by atoms with E-state index >= 15 is 0 Å². The second-order valence-electron chi connectivity index (χ2n) is 6.12. The van der Waals surface area contributed by atoms with Crippen molar-refractivity contribution in [3.8, 4) is 0 Å². The van der Waals surface area contributed by atoms with Gasteiger partial charge in [-0.25, -0.2) is 4.68 Å². The molecule has 3 heterocycles. The molecule has 0 amide bonds. The molecule has 0 saturated carbocycles. The molecule has 2 aromatic heterocycles. The Morgan fingerprint density at radius 1 is 1.27 bits per heavy atom. The van der Waals surface area contributed by atoms with Crippen molar-refractivity contribution in [2.75, 3.05) is 13.1 Å². The molecule has 1 fully saturated rings. The lowest BCUT2D eigenvalue weighted by Crippen LogP contribution is -2.36. The minimum absolute atomic E-state index is 0.00636. The summed E-state index contributed by atoms with van der Waals surface area (Å²) in [6.45, 7) is 7.56. The molecule has 1 aliphatic rings. The normalized spacial score (nSPS) is 17.0. The molecule has 3 rings (SSSR count). The van der Waals surface area contributed by atoms with Crippen molar-refractivity contribution in [1.29, 1.82) is 0 Å². The van der Waals surface area contributed by atoms with Crippen LogP contribution < -0.4 is 5.56 Å². The van der Waals surface area contributed by atoms with E-state index in [0.29, 0.717) is 5.92 Å². The molecule has 1 saturated heterocycles. The van der Waals surface area contributed by atoms with E-state index in [1.54, 1.807) is 23.0 Å². The highest BCUT2D eigenvalue weighted by atomic mass is 16.5. The lowest BCUT2D eigenvalue weighted by molar-refractivity contribution is 0.162. The van der Waals surface area contributed by atoms with Gasteiger partial charge in [0.25, 0.3) is 5.56 Å². The summed E-state index contributed by atoms with van der Waals surface area (Å²) in [6, 6.07) is 3.37. The molecule has 6 nitrogen and oxygen atoms in total. The SMILES string of the molecule is Cc1ccc(=O)n(CC2CCN(Cc3cnoc3C)CC2)n1. The number of aromatic nitrogens is 3. The second-order valence-corrected chi connectivity index (χ2v) is 6.12. The van der Waals surface area contributed by atoms with E-state index in [1.807, 2.05) is 13.8 Å². The van der Waals surface area contributed by atoms with Gasteiger partial charge in [-0.3, -0.25) is 9.69 Å². The lowest BCUT2D eigenvalue weighted by Gasteiger charge is -2.31. The Bertz CT molecular complexity index is 683. The van der Waals surface area contributed by atoms with E-state index in [-0.39, 0.29) is 5.56 Å². The second kappa shape index (κ2) is 6.44. The summed E-state index contributed by atoms with van der Waals surface area (Å²) in [6.07, 6.45) is 3.98. The summed E-state index contributed by atoms with van der Waals surface area (Å²) < 4.78 is 6.72. The first-order valence-electron chi connectivity index (χ1n) is 7.79. The van der Waals surface area contributed by atoms with Crippen molar-refractivity contribution < 1.29 is 4.52 Å². The third-order valence-corrected chi connectivity index (χ3v) is 4.38. The molecular weight excluding hydrogens is 280 g/mol. The van der Waals surface area contributed by atoms with Crippen LogP contribution in [0, 0.1) is 19.8 Å². The largest absolute Gasteiger partial charge is 0.361 e. The van der Waals surface area contributed by atoms with E-state index < -0.39 is 0 Å². The molecule has 0 aliphatic carbocycles. The zero-order valence-electron chi connectivity index (χ0n) is 13.2. The van der Waals surface area contributed by atoms with Crippen LogP contribution in [0.5, 0.6) is 0 Å². The number of nitrogens with zero attached hydrogens (tertiary/aromatic N) is 4. The van der Waals surface area contributed by atoms with Crippen molar-refractivity contribution in [2.24, 2.45) is 5.92 Å². The van der Waals surface area contributed by atoms with Gasteiger partial charge in [0.15, 0.2) is 0 Å². The number of aryl methyl sites for hydroxylation is 2. The minimum Gasteiger partial charge on any atom is -0.361 e. The number of piperidine rings is 1. The van der Waals surface area contributed by atoms with Crippen LogP contribution in [-0.2, 0) is 13.1 Å². The topological polar surface area (TPSA) is 64.2 Å². The summed E-state index contributed by atoms with van der Waals surface area (Å²) in [4.78, 5) is 14.3. The van der Waals surface area contributed by atoms with E-state index in [0.717, 1.165) is 56.0 Å². The molecule has 22 heavy (non-hydrogen) atoms. The standard InChI is InChI=1S/C16H22N4O2/c1-12-3-4-16(21)20(18-12)10-14-5-7-19(8-6-14)11-15-9-17-22-13(15)2/h3-4,9,14H,5-8,10-11H2,1-2H3. The van der Waals surface area contributed by atoms with Crippen molar-refractivity contribution in [3.05, 3.63) is 45.7 Å². The molecular formula is C16H22N4O2. The number of likely N-dealkylation sites (tertiary alicyclic amines) is 1. The van der Waals surface area contributed by atoms with E-state index in [2.05, 4.69) is 15.2 Å². The molecule has 0 aromatic carbocycles. The third-order valence-electron chi connectivity index (χ3n) is 4.38. The van der Waals surface area contributed by atoms with Gasteiger partial charge in [-0.1, -0.05) is 5.16 Å².